The van der Waals surface area contributed by atoms with Gasteiger partial charge in [0.25, 0.3) is 11.5 Å². The molecule has 162 valence electrons. The van der Waals surface area contributed by atoms with Crippen LogP contribution in [0.4, 0.5) is 0 Å². The van der Waals surface area contributed by atoms with Gasteiger partial charge in [0.2, 0.25) is 0 Å². The fourth-order valence-electron chi connectivity index (χ4n) is 4.79. The summed E-state index contributed by atoms with van der Waals surface area (Å²) in [4.78, 5) is 38.5. The predicted octanol–water partition coefficient (Wildman–Crippen LogP) is 2.97. The van der Waals surface area contributed by atoms with Crippen molar-refractivity contribution in [1.29, 1.82) is 0 Å². The lowest BCUT2D eigenvalue weighted by Gasteiger charge is -2.42. The highest BCUT2D eigenvalue weighted by Crippen LogP contribution is 2.35. The molecular weight excluding hydrogens is 412 g/mol. The summed E-state index contributed by atoms with van der Waals surface area (Å²) in [5.74, 6) is -0.0523. The highest BCUT2D eigenvalue weighted by molar-refractivity contribution is 7.20. The van der Waals surface area contributed by atoms with Crippen LogP contribution in [0.3, 0.4) is 0 Å². The number of nitrogens with one attached hydrogen (secondary N) is 1. The SMILES string of the molecule is Cc1c(C(=O)N2CCO[C@@H](CN3CCCC3)[C@@H]2c2ccccc2)sc2nc[nH]c(=O)c12. The molecule has 4 heterocycles. The third-order valence-corrected chi connectivity index (χ3v) is 7.51. The Labute approximate surface area is 184 Å². The number of rotatable bonds is 4. The molecule has 2 fully saturated rings. The molecule has 0 bridgehead atoms. The van der Waals surface area contributed by atoms with Gasteiger partial charge in [-0.05, 0) is 44.0 Å². The molecule has 1 amide bonds. The van der Waals surface area contributed by atoms with E-state index in [-0.39, 0.29) is 23.6 Å². The number of morpholine rings is 1. The van der Waals surface area contributed by atoms with Crippen molar-refractivity contribution in [1.82, 2.24) is 19.8 Å². The Balaban J connectivity index is 1.52. The van der Waals surface area contributed by atoms with Crippen molar-refractivity contribution in [2.24, 2.45) is 0 Å². The van der Waals surface area contributed by atoms with Gasteiger partial charge < -0.3 is 19.5 Å². The van der Waals surface area contributed by atoms with E-state index in [2.05, 4.69) is 27.0 Å². The van der Waals surface area contributed by atoms with Gasteiger partial charge in [-0.3, -0.25) is 9.59 Å². The molecule has 2 atom stereocenters. The van der Waals surface area contributed by atoms with Crippen LogP contribution in [0, 0.1) is 6.92 Å². The second-order valence-electron chi connectivity index (χ2n) is 8.24. The smallest absolute Gasteiger partial charge is 0.264 e. The number of hydrogen-bond acceptors (Lipinski definition) is 6. The quantitative estimate of drug-likeness (QED) is 0.678. The highest BCUT2D eigenvalue weighted by atomic mass is 32.1. The molecular formula is C23H26N4O3S. The summed E-state index contributed by atoms with van der Waals surface area (Å²) in [6.07, 6.45) is 3.74. The van der Waals surface area contributed by atoms with E-state index < -0.39 is 0 Å². The largest absolute Gasteiger partial charge is 0.373 e. The number of amides is 1. The van der Waals surface area contributed by atoms with Crippen LogP contribution in [0.15, 0.2) is 41.5 Å². The predicted molar refractivity (Wildman–Crippen MR) is 121 cm³/mol. The average molecular weight is 439 g/mol. The molecule has 2 aliphatic heterocycles. The zero-order valence-electron chi connectivity index (χ0n) is 17.5. The summed E-state index contributed by atoms with van der Waals surface area (Å²) >= 11 is 1.30. The van der Waals surface area contributed by atoms with Gasteiger partial charge in [-0.1, -0.05) is 30.3 Å². The lowest BCUT2D eigenvalue weighted by molar-refractivity contribution is -0.0706. The molecule has 0 aliphatic carbocycles. The highest BCUT2D eigenvalue weighted by Gasteiger charge is 2.39. The third kappa shape index (κ3) is 3.79. The van der Waals surface area contributed by atoms with E-state index in [1.165, 1.54) is 30.5 Å². The van der Waals surface area contributed by atoms with Gasteiger partial charge in [-0.25, -0.2) is 4.98 Å². The number of fused-ring (bicyclic) bond motifs is 1. The number of carbonyl (C=O) groups is 1. The topological polar surface area (TPSA) is 78.5 Å². The second kappa shape index (κ2) is 8.53. The van der Waals surface area contributed by atoms with E-state index in [1.54, 1.807) is 0 Å². The molecule has 1 N–H and O–H groups in total. The Hall–Kier alpha value is -2.55. The van der Waals surface area contributed by atoms with Gasteiger partial charge >= 0.3 is 0 Å². The molecule has 7 nitrogen and oxygen atoms in total. The second-order valence-corrected chi connectivity index (χ2v) is 9.24. The Kier molecular flexibility index (Phi) is 5.60. The van der Waals surface area contributed by atoms with Crippen LogP contribution in [-0.4, -0.2) is 64.6 Å². The molecule has 1 aromatic carbocycles. The first-order chi connectivity index (χ1) is 15.1. The average Bonchev–Trinajstić information content (AvgIpc) is 3.42. The Bertz CT molecular complexity index is 1140. The number of H-pyrrole nitrogens is 1. The van der Waals surface area contributed by atoms with Gasteiger partial charge in [0.15, 0.2) is 0 Å². The van der Waals surface area contributed by atoms with E-state index in [4.69, 9.17) is 4.74 Å². The van der Waals surface area contributed by atoms with Crippen LogP contribution >= 0.6 is 11.3 Å². The van der Waals surface area contributed by atoms with Crippen molar-refractivity contribution in [3.05, 3.63) is 63.0 Å². The van der Waals surface area contributed by atoms with Crippen LogP contribution in [-0.2, 0) is 4.74 Å². The zero-order chi connectivity index (χ0) is 21.4. The van der Waals surface area contributed by atoms with E-state index in [9.17, 15) is 9.59 Å². The van der Waals surface area contributed by atoms with Gasteiger partial charge in [0.1, 0.15) is 4.83 Å². The number of aromatic amines is 1. The molecule has 8 heteroatoms. The van der Waals surface area contributed by atoms with Crippen LogP contribution in [0.5, 0.6) is 0 Å². The number of aryl methyl sites for hydroxylation is 1. The number of benzene rings is 1. The number of nitrogens with zero attached hydrogens (tertiary/aromatic N) is 3. The summed E-state index contributed by atoms with van der Waals surface area (Å²) in [6, 6.07) is 9.98. The van der Waals surface area contributed by atoms with Crippen LogP contribution < -0.4 is 5.56 Å². The lowest BCUT2D eigenvalue weighted by Crippen LogP contribution is -2.51. The minimum atomic E-state index is -0.203. The van der Waals surface area contributed by atoms with Crippen LogP contribution in [0.25, 0.3) is 10.2 Å². The van der Waals surface area contributed by atoms with Gasteiger partial charge in [0, 0.05) is 13.1 Å². The molecule has 31 heavy (non-hydrogen) atoms. The maximum atomic E-state index is 13.8. The van der Waals surface area contributed by atoms with Gasteiger partial charge in [-0.15, -0.1) is 11.3 Å². The first kappa shape index (κ1) is 20.4. The fourth-order valence-corrected chi connectivity index (χ4v) is 5.90. The number of likely N-dealkylation sites (tertiary alicyclic amines) is 1. The fraction of sp³-hybridized carbons (Fsp3) is 0.435. The van der Waals surface area contributed by atoms with Crippen molar-refractivity contribution >= 4 is 27.5 Å². The number of carbonyl (C=O) groups excluding carboxylic acids is 1. The maximum Gasteiger partial charge on any atom is 0.264 e. The van der Waals surface area contributed by atoms with E-state index in [0.717, 1.165) is 25.2 Å². The zero-order valence-corrected chi connectivity index (χ0v) is 18.4. The van der Waals surface area contributed by atoms with E-state index in [1.807, 2.05) is 30.0 Å². The van der Waals surface area contributed by atoms with E-state index >= 15 is 0 Å². The molecule has 5 rings (SSSR count). The van der Waals surface area contributed by atoms with Gasteiger partial charge in [-0.2, -0.15) is 0 Å². The number of ether oxygens (including phenoxy) is 1. The molecule has 2 saturated heterocycles. The van der Waals surface area contributed by atoms with Crippen molar-refractivity contribution in [2.75, 3.05) is 32.8 Å². The Morgan fingerprint density at radius 3 is 2.74 bits per heavy atom. The van der Waals surface area contributed by atoms with Crippen LogP contribution in [0.1, 0.15) is 39.7 Å². The summed E-state index contributed by atoms with van der Waals surface area (Å²) < 4.78 is 6.23. The van der Waals surface area contributed by atoms with Crippen LogP contribution in [0.2, 0.25) is 0 Å². The first-order valence-electron chi connectivity index (χ1n) is 10.8. The minimum absolute atomic E-state index is 0.0523. The minimum Gasteiger partial charge on any atom is -0.373 e. The molecule has 2 aromatic heterocycles. The summed E-state index contributed by atoms with van der Waals surface area (Å²) in [6.45, 7) is 5.85. The van der Waals surface area contributed by atoms with Crippen molar-refractivity contribution in [3.8, 4) is 0 Å². The summed E-state index contributed by atoms with van der Waals surface area (Å²) in [5, 5.41) is 0.508. The monoisotopic (exact) mass is 438 g/mol. The van der Waals surface area contributed by atoms with Crippen molar-refractivity contribution in [3.63, 3.8) is 0 Å². The van der Waals surface area contributed by atoms with Crippen molar-refractivity contribution in [2.45, 2.75) is 31.9 Å². The Morgan fingerprint density at radius 1 is 1.23 bits per heavy atom. The third-order valence-electron chi connectivity index (χ3n) is 6.32. The maximum absolute atomic E-state index is 13.8. The Morgan fingerprint density at radius 2 is 2.00 bits per heavy atom. The normalized spacial score (nSPS) is 22.3. The molecule has 0 radical (unpaired) electrons. The molecule has 0 unspecified atom stereocenters. The van der Waals surface area contributed by atoms with E-state index in [0.29, 0.717) is 33.8 Å². The molecule has 0 saturated carbocycles. The van der Waals surface area contributed by atoms with Crippen molar-refractivity contribution < 1.29 is 9.53 Å². The number of aromatic nitrogens is 2. The number of thiophene rings is 1. The molecule has 3 aromatic rings. The summed E-state index contributed by atoms with van der Waals surface area (Å²) in [7, 11) is 0. The van der Waals surface area contributed by atoms with Gasteiger partial charge in [0.05, 0.1) is 35.3 Å². The summed E-state index contributed by atoms with van der Waals surface area (Å²) in [5.41, 5.74) is 1.58. The number of hydrogen-bond donors (Lipinski definition) is 1. The lowest BCUT2D eigenvalue weighted by atomic mass is 9.97. The standard InChI is InChI=1S/C23H26N4O3S/c1-15-18-21(28)24-14-25-22(18)31-20(15)23(29)27-11-12-30-17(13-26-9-5-6-10-26)19(27)16-7-3-2-4-8-16/h2-4,7-8,14,17,19H,5-6,9-13H2,1H3,(H,24,25,28)/t17-,19-/m0/s1. The molecule has 0 spiro atoms. The molecule has 2 aliphatic rings. The first-order valence-corrected chi connectivity index (χ1v) is 11.6.